The van der Waals surface area contributed by atoms with Gasteiger partial charge in [0.15, 0.2) is 0 Å². The smallest absolute Gasteiger partial charge is 0.344 e. The Morgan fingerprint density at radius 3 is 2.59 bits per heavy atom. The molecule has 4 rings (SSSR count). The molecule has 1 amide bonds. The molecule has 0 saturated carbocycles. The molecule has 2 saturated heterocycles. The first-order valence-electron chi connectivity index (χ1n) is 9.10. The van der Waals surface area contributed by atoms with E-state index in [-0.39, 0.29) is 17.5 Å². The first-order valence-corrected chi connectivity index (χ1v) is 9.10. The summed E-state index contributed by atoms with van der Waals surface area (Å²) in [7, 11) is 1.81. The number of alkyl halides is 3. The van der Waals surface area contributed by atoms with Crippen LogP contribution in [0.3, 0.4) is 0 Å². The molecule has 2 aromatic carbocycles. The lowest BCUT2D eigenvalue weighted by molar-refractivity contribution is -0.137. The molecule has 2 aliphatic rings. The third-order valence-electron chi connectivity index (χ3n) is 5.77. The highest BCUT2D eigenvalue weighted by molar-refractivity contribution is 5.88. The lowest BCUT2D eigenvalue weighted by atomic mass is 9.94. The average molecular weight is 374 g/mol. The Labute approximate surface area is 156 Å². The Bertz CT molecular complexity index is 880. The minimum absolute atomic E-state index is 0.0292. The molecule has 2 heterocycles. The van der Waals surface area contributed by atoms with E-state index < -0.39 is 17.3 Å². The van der Waals surface area contributed by atoms with Gasteiger partial charge < -0.3 is 4.90 Å². The maximum absolute atomic E-state index is 13.4. The van der Waals surface area contributed by atoms with Crippen LogP contribution in [0.2, 0.25) is 0 Å². The standard InChI is InChI=1S/C21H21F3N2O/c1-26-12-11-20(19(26)27)10-9-18(25-20)15-6-4-5-14(13-15)16-7-2-3-8-17(16)21(22,23)24/h2-8,13,18,25H,9-12H2,1H3/t18-,20-/m0/s1. The van der Waals surface area contributed by atoms with Gasteiger partial charge in [0.2, 0.25) is 5.91 Å². The highest BCUT2D eigenvalue weighted by Crippen LogP contribution is 2.41. The number of likely N-dealkylation sites (tertiary alicyclic amines) is 1. The summed E-state index contributed by atoms with van der Waals surface area (Å²) in [6.45, 7) is 0.734. The third-order valence-corrected chi connectivity index (χ3v) is 5.77. The Balaban J connectivity index is 1.65. The number of carbonyl (C=O) groups is 1. The van der Waals surface area contributed by atoms with Gasteiger partial charge in [-0.1, -0.05) is 36.4 Å². The van der Waals surface area contributed by atoms with Crippen LogP contribution in [0.1, 0.15) is 36.4 Å². The second kappa shape index (κ2) is 6.37. The number of rotatable bonds is 2. The fourth-order valence-corrected chi connectivity index (χ4v) is 4.32. The Morgan fingerprint density at radius 1 is 1.11 bits per heavy atom. The maximum Gasteiger partial charge on any atom is 0.417 e. The lowest BCUT2D eigenvalue weighted by Crippen LogP contribution is -2.47. The quantitative estimate of drug-likeness (QED) is 0.845. The topological polar surface area (TPSA) is 32.3 Å². The van der Waals surface area contributed by atoms with Crippen molar-refractivity contribution in [3.05, 3.63) is 59.7 Å². The molecule has 27 heavy (non-hydrogen) atoms. The molecular formula is C21H21F3N2O. The van der Waals surface area contributed by atoms with Gasteiger partial charge in [0.1, 0.15) is 5.54 Å². The molecule has 2 aliphatic heterocycles. The van der Waals surface area contributed by atoms with E-state index in [1.807, 2.05) is 12.1 Å². The summed E-state index contributed by atoms with van der Waals surface area (Å²) < 4.78 is 40.1. The summed E-state index contributed by atoms with van der Waals surface area (Å²) in [6.07, 6.45) is -2.08. The van der Waals surface area contributed by atoms with E-state index in [2.05, 4.69) is 5.32 Å². The van der Waals surface area contributed by atoms with Crippen LogP contribution in [0, 0.1) is 0 Å². The summed E-state index contributed by atoms with van der Waals surface area (Å²) in [6, 6.07) is 12.8. The van der Waals surface area contributed by atoms with Crippen LogP contribution >= 0.6 is 0 Å². The lowest BCUT2D eigenvalue weighted by Gasteiger charge is -2.23. The van der Waals surface area contributed by atoms with E-state index in [9.17, 15) is 18.0 Å². The van der Waals surface area contributed by atoms with Crippen molar-refractivity contribution >= 4 is 5.91 Å². The van der Waals surface area contributed by atoms with Crippen molar-refractivity contribution in [3.63, 3.8) is 0 Å². The van der Waals surface area contributed by atoms with Crippen molar-refractivity contribution in [1.82, 2.24) is 10.2 Å². The van der Waals surface area contributed by atoms with Crippen molar-refractivity contribution in [2.45, 2.75) is 37.0 Å². The molecular weight excluding hydrogens is 353 g/mol. The fourth-order valence-electron chi connectivity index (χ4n) is 4.32. The zero-order chi connectivity index (χ0) is 19.2. The van der Waals surface area contributed by atoms with Crippen molar-refractivity contribution in [3.8, 4) is 11.1 Å². The SMILES string of the molecule is CN1CC[C@@]2(CC[C@@H](c3cccc(-c4ccccc4C(F)(F)F)c3)N2)C1=O. The first kappa shape index (κ1) is 18.0. The monoisotopic (exact) mass is 374 g/mol. The van der Waals surface area contributed by atoms with E-state index >= 15 is 0 Å². The molecule has 0 aromatic heterocycles. The van der Waals surface area contributed by atoms with Crippen molar-refractivity contribution in [2.24, 2.45) is 0 Å². The number of hydrogen-bond acceptors (Lipinski definition) is 2. The van der Waals surface area contributed by atoms with E-state index in [4.69, 9.17) is 0 Å². The van der Waals surface area contributed by atoms with Crippen LogP contribution in [0.5, 0.6) is 0 Å². The van der Waals surface area contributed by atoms with Crippen LogP contribution < -0.4 is 5.32 Å². The molecule has 6 heteroatoms. The number of amides is 1. The molecule has 0 radical (unpaired) electrons. The van der Waals surface area contributed by atoms with Gasteiger partial charge in [-0.25, -0.2) is 0 Å². The highest BCUT2D eigenvalue weighted by Gasteiger charge is 2.50. The molecule has 2 aromatic rings. The first-order chi connectivity index (χ1) is 12.8. The number of benzene rings is 2. The molecule has 2 fully saturated rings. The Kier molecular flexibility index (Phi) is 4.26. The number of likely N-dealkylation sites (N-methyl/N-ethyl adjacent to an activating group) is 1. The predicted octanol–water partition coefficient (Wildman–Crippen LogP) is 4.40. The molecule has 2 atom stereocenters. The summed E-state index contributed by atoms with van der Waals surface area (Å²) in [5.74, 6) is 0.114. The number of nitrogens with zero attached hydrogens (tertiary/aromatic N) is 1. The molecule has 1 spiro atoms. The van der Waals surface area contributed by atoms with Gasteiger partial charge in [0.25, 0.3) is 0 Å². The number of nitrogens with one attached hydrogen (secondary N) is 1. The summed E-state index contributed by atoms with van der Waals surface area (Å²) in [5.41, 5.74) is 0.489. The molecule has 142 valence electrons. The number of hydrogen-bond donors (Lipinski definition) is 1. The van der Waals surface area contributed by atoms with Crippen LogP contribution in [-0.4, -0.2) is 29.9 Å². The van der Waals surface area contributed by atoms with Crippen molar-refractivity contribution in [1.29, 1.82) is 0 Å². The van der Waals surface area contributed by atoms with Gasteiger partial charge in [0.05, 0.1) is 5.56 Å². The van der Waals surface area contributed by atoms with Crippen molar-refractivity contribution in [2.75, 3.05) is 13.6 Å². The molecule has 0 unspecified atom stereocenters. The van der Waals surface area contributed by atoms with Gasteiger partial charge in [-0.15, -0.1) is 0 Å². The largest absolute Gasteiger partial charge is 0.417 e. The van der Waals surface area contributed by atoms with E-state index in [1.54, 1.807) is 30.1 Å². The van der Waals surface area contributed by atoms with E-state index in [1.165, 1.54) is 12.1 Å². The van der Waals surface area contributed by atoms with Crippen molar-refractivity contribution < 1.29 is 18.0 Å². The van der Waals surface area contributed by atoms with Crippen LogP contribution in [0.15, 0.2) is 48.5 Å². The minimum atomic E-state index is -4.40. The van der Waals surface area contributed by atoms with Gasteiger partial charge in [0, 0.05) is 19.6 Å². The molecule has 3 nitrogen and oxygen atoms in total. The van der Waals surface area contributed by atoms with Crippen LogP contribution in [0.4, 0.5) is 13.2 Å². The Morgan fingerprint density at radius 2 is 1.89 bits per heavy atom. The van der Waals surface area contributed by atoms with E-state index in [0.717, 1.165) is 37.4 Å². The summed E-state index contributed by atoms with van der Waals surface area (Å²) >= 11 is 0. The number of carbonyl (C=O) groups excluding carboxylic acids is 1. The van der Waals surface area contributed by atoms with Crippen LogP contribution in [0.25, 0.3) is 11.1 Å². The van der Waals surface area contributed by atoms with Gasteiger partial charge in [-0.2, -0.15) is 13.2 Å². The number of halogens is 3. The Hall–Kier alpha value is -2.34. The molecule has 1 N–H and O–H groups in total. The summed E-state index contributed by atoms with van der Waals surface area (Å²) in [4.78, 5) is 14.2. The summed E-state index contributed by atoms with van der Waals surface area (Å²) in [5, 5.41) is 3.47. The normalized spacial score (nSPS) is 25.6. The predicted molar refractivity (Wildman–Crippen MR) is 97.0 cm³/mol. The third kappa shape index (κ3) is 3.12. The fraction of sp³-hybridized carbons (Fsp3) is 0.381. The minimum Gasteiger partial charge on any atom is -0.344 e. The zero-order valence-electron chi connectivity index (χ0n) is 15.0. The van der Waals surface area contributed by atoms with E-state index in [0.29, 0.717) is 5.56 Å². The van der Waals surface area contributed by atoms with Gasteiger partial charge >= 0.3 is 6.18 Å². The van der Waals surface area contributed by atoms with Crippen LogP contribution in [-0.2, 0) is 11.0 Å². The average Bonchev–Trinajstić information content (AvgIpc) is 3.21. The molecule has 0 bridgehead atoms. The molecule has 0 aliphatic carbocycles. The zero-order valence-corrected chi connectivity index (χ0v) is 15.0. The second-order valence-electron chi connectivity index (χ2n) is 7.46. The van der Waals surface area contributed by atoms with Gasteiger partial charge in [-0.05, 0) is 48.1 Å². The maximum atomic E-state index is 13.4. The highest BCUT2D eigenvalue weighted by atomic mass is 19.4. The van der Waals surface area contributed by atoms with Gasteiger partial charge in [-0.3, -0.25) is 10.1 Å². The second-order valence-corrected chi connectivity index (χ2v) is 7.46.